The minimum absolute atomic E-state index is 0.0170. The molecule has 5 heteroatoms. The van der Waals surface area contributed by atoms with Crippen LogP contribution in [0.5, 0.6) is 0 Å². The Morgan fingerprint density at radius 1 is 1.28 bits per heavy atom. The smallest absolute Gasteiger partial charge is 0.338 e. The van der Waals surface area contributed by atoms with Crippen molar-refractivity contribution in [2.24, 2.45) is 16.7 Å². The average Bonchev–Trinajstić information content (AvgIpc) is 2.89. The van der Waals surface area contributed by atoms with Gasteiger partial charge in [-0.1, -0.05) is 34.6 Å². The molecule has 0 spiro atoms. The third-order valence-electron chi connectivity index (χ3n) is 6.59. The first-order chi connectivity index (χ1) is 11.7. The van der Waals surface area contributed by atoms with Gasteiger partial charge in [-0.05, 0) is 49.7 Å². The molecule has 0 amide bonds. The minimum Gasteiger partial charge on any atom is -0.458 e. The first-order valence-electron chi connectivity index (χ1n) is 9.13. The highest BCUT2D eigenvalue weighted by atomic mass is 16.6. The van der Waals surface area contributed by atoms with Crippen molar-refractivity contribution in [2.75, 3.05) is 0 Å². The number of nitro benzene ring substituents is 1. The molecule has 0 aromatic heterocycles. The highest BCUT2D eigenvalue weighted by molar-refractivity contribution is 5.90. The molecule has 3 rings (SSSR count). The molecule has 2 bridgehead atoms. The fourth-order valence-electron chi connectivity index (χ4n) is 4.49. The highest BCUT2D eigenvalue weighted by Gasteiger charge is 2.62. The summed E-state index contributed by atoms with van der Waals surface area (Å²) in [6, 6.07) is 4.40. The average molecular weight is 347 g/mol. The number of hydrogen-bond acceptors (Lipinski definition) is 4. The fourth-order valence-corrected chi connectivity index (χ4v) is 4.49. The van der Waals surface area contributed by atoms with E-state index in [9.17, 15) is 14.9 Å². The summed E-state index contributed by atoms with van der Waals surface area (Å²) in [4.78, 5) is 22.9. The van der Waals surface area contributed by atoms with Gasteiger partial charge in [0.1, 0.15) is 6.10 Å². The van der Waals surface area contributed by atoms with E-state index in [4.69, 9.17) is 4.74 Å². The lowest BCUT2D eigenvalue weighted by atomic mass is 9.70. The number of nitrogens with zero attached hydrogens (tertiary/aromatic N) is 1. The quantitative estimate of drug-likeness (QED) is 0.422. The van der Waals surface area contributed by atoms with Crippen molar-refractivity contribution in [1.82, 2.24) is 0 Å². The molecule has 2 aliphatic rings. The number of ether oxygens (including phenoxy) is 1. The van der Waals surface area contributed by atoms with Crippen LogP contribution >= 0.6 is 0 Å². The predicted octanol–water partition coefficient (Wildman–Crippen LogP) is 5.30. The van der Waals surface area contributed by atoms with Crippen LogP contribution in [0.2, 0.25) is 0 Å². The van der Waals surface area contributed by atoms with E-state index in [1.54, 1.807) is 13.0 Å². The van der Waals surface area contributed by atoms with Gasteiger partial charge < -0.3 is 4.74 Å². The van der Waals surface area contributed by atoms with Crippen LogP contribution in [-0.2, 0) is 4.74 Å². The number of carbonyl (C=O) groups is 1. The van der Waals surface area contributed by atoms with Crippen LogP contribution in [-0.4, -0.2) is 17.0 Å². The summed E-state index contributed by atoms with van der Waals surface area (Å²) >= 11 is 0. The van der Waals surface area contributed by atoms with Crippen molar-refractivity contribution in [2.45, 2.75) is 66.9 Å². The molecule has 2 saturated carbocycles. The zero-order chi connectivity index (χ0) is 19.0. The highest BCUT2D eigenvalue weighted by Crippen LogP contribution is 2.66. The Bertz CT molecular complexity index is 682. The van der Waals surface area contributed by atoms with E-state index in [0.717, 1.165) is 12.8 Å². The lowest BCUT2D eigenvalue weighted by Gasteiger charge is -2.38. The van der Waals surface area contributed by atoms with Crippen LogP contribution < -0.4 is 0 Å². The Balaban J connectivity index is 0.00000109. The molecule has 3 atom stereocenters. The van der Waals surface area contributed by atoms with E-state index in [0.29, 0.717) is 17.0 Å². The third kappa shape index (κ3) is 3.05. The van der Waals surface area contributed by atoms with Gasteiger partial charge in [0.05, 0.1) is 10.5 Å². The second-order valence-corrected chi connectivity index (χ2v) is 7.76. The van der Waals surface area contributed by atoms with E-state index >= 15 is 0 Å². The largest absolute Gasteiger partial charge is 0.458 e. The number of fused-ring (bicyclic) bond motifs is 2. The van der Waals surface area contributed by atoms with Gasteiger partial charge in [0.25, 0.3) is 5.69 Å². The van der Waals surface area contributed by atoms with Gasteiger partial charge in [0.2, 0.25) is 0 Å². The van der Waals surface area contributed by atoms with Gasteiger partial charge >= 0.3 is 5.97 Å². The standard InChI is InChI=1S/C18H23NO4.C2H6/c1-11-9-12(5-6-14(11)19(21)22)16(20)23-15-10-13-7-8-18(15,4)17(13,2)3;1-2/h5-6,9,13,15H,7-8,10H2,1-4H3;1-2H3. The maximum absolute atomic E-state index is 12.5. The monoisotopic (exact) mass is 347 g/mol. The molecule has 25 heavy (non-hydrogen) atoms. The summed E-state index contributed by atoms with van der Waals surface area (Å²) in [5, 5.41) is 10.9. The zero-order valence-electron chi connectivity index (χ0n) is 16.1. The Kier molecular flexibility index (Phi) is 5.26. The summed E-state index contributed by atoms with van der Waals surface area (Å²) in [5.74, 6) is 0.224. The molecule has 138 valence electrons. The zero-order valence-corrected chi connectivity index (χ0v) is 16.1. The minimum atomic E-state index is -0.441. The van der Waals surface area contributed by atoms with Gasteiger partial charge in [0.15, 0.2) is 0 Å². The lowest BCUT2D eigenvalue weighted by Crippen LogP contribution is -2.38. The molecule has 1 aromatic carbocycles. The molecule has 1 aromatic rings. The molecule has 0 radical (unpaired) electrons. The number of hydrogen-bond donors (Lipinski definition) is 0. The van der Waals surface area contributed by atoms with E-state index in [1.807, 2.05) is 13.8 Å². The molecule has 0 heterocycles. The molecule has 0 N–H and O–H groups in total. The normalized spacial score (nSPS) is 28.9. The molecule has 3 unspecified atom stereocenters. The maximum atomic E-state index is 12.5. The summed E-state index contributed by atoms with van der Waals surface area (Å²) in [6.07, 6.45) is 3.14. The summed E-state index contributed by atoms with van der Waals surface area (Å²) in [6.45, 7) is 12.4. The Morgan fingerprint density at radius 2 is 1.92 bits per heavy atom. The number of carbonyl (C=O) groups excluding carboxylic acids is 1. The Labute approximate surface area is 149 Å². The van der Waals surface area contributed by atoms with Crippen LogP contribution in [0.25, 0.3) is 0 Å². The van der Waals surface area contributed by atoms with E-state index < -0.39 is 4.92 Å². The van der Waals surface area contributed by atoms with Crippen molar-refractivity contribution in [3.8, 4) is 0 Å². The summed E-state index contributed by atoms with van der Waals surface area (Å²) < 4.78 is 5.82. The van der Waals surface area contributed by atoms with Gasteiger partial charge in [-0.25, -0.2) is 4.79 Å². The number of rotatable bonds is 3. The Hall–Kier alpha value is -1.91. The first kappa shape index (κ1) is 19.4. The molecule has 2 aliphatic carbocycles. The first-order valence-corrected chi connectivity index (χ1v) is 9.13. The van der Waals surface area contributed by atoms with Crippen molar-refractivity contribution >= 4 is 11.7 Å². The van der Waals surface area contributed by atoms with Gasteiger partial charge in [0, 0.05) is 17.0 Å². The molecule has 0 aliphatic heterocycles. The topological polar surface area (TPSA) is 69.4 Å². The number of aryl methyl sites for hydroxylation is 1. The van der Waals surface area contributed by atoms with E-state index in [2.05, 4.69) is 20.8 Å². The lowest BCUT2D eigenvalue weighted by molar-refractivity contribution is -0.385. The number of esters is 1. The van der Waals surface area contributed by atoms with Crippen LogP contribution in [0.3, 0.4) is 0 Å². The number of benzene rings is 1. The SMILES string of the molecule is CC.Cc1cc(C(=O)OC2CC3CCC2(C)C3(C)C)ccc1[N+](=O)[O-]. The summed E-state index contributed by atoms with van der Waals surface area (Å²) in [5.41, 5.74) is 1.09. The summed E-state index contributed by atoms with van der Waals surface area (Å²) in [7, 11) is 0. The van der Waals surface area contributed by atoms with Crippen LogP contribution in [0.4, 0.5) is 5.69 Å². The van der Waals surface area contributed by atoms with E-state index in [1.165, 1.54) is 18.6 Å². The molecule has 0 saturated heterocycles. The molecular formula is C20H29NO4. The van der Waals surface area contributed by atoms with Gasteiger partial charge in [-0.2, -0.15) is 0 Å². The van der Waals surface area contributed by atoms with Crippen molar-refractivity contribution < 1.29 is 14.5 Å². The fraction of sp³-hybridized carbons (Fsp3) is 0.650. The molecule has 2 fully saturated rings. The molecule has 5 nitrogen and oxygen atoms in total. The van der Waals surface area contributed by atoms with Gasteiger partial charge in [-0.3, -0.25) is 10.1 Å². The third-order valence-corrected chi connectivity index (χ3v) is 6.59. The van der Waals surface area contributed by atoms with E-state index in [-0.39, 0.29) is 28.6 Å². The second kappa shape index (κ2) is 6.77. The number of nitro groups is 1. The van der Waals surface area contributed by atoms with Crippen molar-refractivity contribution in [3.63, 3.8) is 0 Å². The van der Waals surface area contributed by atoms with Crippen LogP contribution in [0, 0.1) is 33.8 Å². The molecular weight excluding hydrogens is 318 g/mol. The second-order valence-electron chi connectivity index (χ2n) is 7.76. The van der Waals surface area contributed by atoms with Crippen molar-refractivity contribution in [1.29, 1.82) is 0 Å². The maximum Gasteiger partial charge on any atom is 0.338 e. The van der Waals surface area contributed by atoms with Crippen LogP contribution in [0.15, 0.2) is 18.2 Å². The van der Waals surface area contributed by atoms with Crippen LogP contribution in [0.1, 0.15) is 69.8 Å². The van der Waals surface area contributed by atoms with Gasteiger partial charge in [-0.15, -0.1) is 0 Å². The predicted molar refractivity (Wildman–Crippen MR) is 97.6 cm³/mol. The Morgan fingerprint density at radius 3 is 2.36 bits per heavy atom. The van der Waals surface area contributed by atoms with Crippen molar-refractivity contribution in [3.05, 3.63) is 39.4 Å².